The summed E-state index contributed by atoms with van der Waals surface area (Å²) < 4.78 is 0. The van der Waals surface area contributed by atoms with Crippen molar-refractivity contribution in [2.24, 2.45) is 5.92 Å². The molecule has 0 saturated carbocycles. The predicted molar refractivity (Wildman–Crippen MR) is 94.5 cm³/mol. The zero-order valence-corrected chi connectivity index (χ0v) is 14.2. The largest absolute Gasteiger partial charge is 0.344 e. The van der Waals surface area contributed by atoms with Gasteiger partial charge in [-0.25, -0.2) is 4.98 Å². The zero-order valence-electron chi connectivity index (χ0n) is 14.2. The Morgan fingerprint density at radius 3 is 2.38 bits per heavy atom. The van der Waals surface area contributed by atoms with Crippen LogP contribution in [0.25, 0.3) is 0 Å². The van der Waals surface area contributed by atoms with E-state index in [0.29, 0.717) is 5.82 Å². The van der Waals surface area contributed by atoms with Gasteiger partial charge in [0.25, 0.3) is 0 Å². The minimum absolute atomic E-state index is 0.0322. The van der Waals surface area contributed by atoms with Crippen LogP contribution in [0.5, 0.6) is 0 Å². The average molecular weight is 325 g/mol. The molecule has 24 heavy (non-hydrogen) atoms. The van der Waals surface area contributed by atoms with Crippen molar-refractivity contribution in [2.45, 2.75) is 33.2 Å². The van der Waals surface area contributed by atoms with Crippen LogP contribution >= 0.6 is 0 Å². The van der Waals surface area contributed by atoms with E-state index in [-0.39, 0.29) is 24.2 Å². The molecule has 0 saturated heterocycles. The molecule has 1 aromatic heterocycles. The first kappa shape index (κ1) is 17.7. The molecule has 0 aliphatic rings. The number of nitrogens with one attached hydrogen (secondary N) is 2. The first-order valence-electron chi connectivity index (χ1n) is 8.02. The highest BCUT2D eigenvalue weighted by Gasteiger charge is 2.24. The molecular formula is C19H23N3O2. The van der Waals surface area contributed by atoms with Crippen molar-refractivity contribution in [3.05, 3.63) is 59.8 Å². The van der Waals surface area contributed by atoms with Crippen LogP contribution in [-0.4, -0.2) is 22.8 Å². The van der Waals surface area contributed by atoms with Gasteiger partial charge in [-0.2, -0.15) is 0 Å². The molecule has 2 rings (SSSR count). The number of nitrogens with zero attached hydrogens (tertiary/aromatic N) is 1. The Kier molecular flexibility index (Phi) is 6.07. The first-order chi connectivity index (χ1) is 11.5. The third-order valence-corrected chi connectivity index (χ3v) is 3.64. The summed E-state index contributed by atoms with van der Waals surface area (Å²) in [6.07, 6.45) is 1.94. The molecule has 2 amide bonds. The van der Waals surface area contributed by atoms with E-state index in [1.54, 1.807) is 12.3 Å². The lowest BCUT2D eigenvalue weighted by Crippen LogP contribution is -2.47. The molecule has 1 heterocycles. The molecule has 2 N–H and O–H groups in total. The molecule has 0 aliphatic heterocycles. The maximum atomic E-state index is 12.5. The number of carbonyl (C=O) groups excluding carboxylic acids is 2. The monoisotopic (exact) mass is 325 g/mol. The number of aromatic nitrogens is 1. The summed E-state index contributed by atoms with van der Waals surface area (Å²) in [5.74, 6) is 0.0124. The fourth-order valence-corrected chi connectivity index (χ4v) is 2.29. The van der Waals surface area contributed by atoms with E-state index in [4.69, 9.17) is 0 Å². The second-order valence-electron chi connectivity index (χ2n) is 6.16. The maximum Gasteiger partial charge on any atom is 0.248 e. The lowest BCUT2D eigenvalue weighted by Gasteiger charge is -2.21. The van der Waals surface area contributed by atoms with Crippen molar-refractivity contribution in [1.82, 2.24) is 10.3 Å². The van der Waals surface area contributed by atoms with Crippen molar-refractivity contribution in [1.29, 1.82) is 0 Å². The molecule has 0 aliphatic carbocycles. The second kappa shape index (κ2) is 8.24. The molecule has 2 aromatic rings. The van der Waals surface area contributed by atoms with Gasteiger partial charge in [0.2, 0.25) is 11.8 Å². The highest BCUT2D eigenvalue weighted by Crippen LogP contribution is 2.09. The maximum absolute atomic E-state index is 12.5. The predicted octanol–water partition coefficient (Wildman–Crippen LogP) is 2.71. The highest BCUT2D eigenvalue weighted by molar-refractivity contribution is 5.96. The van der Waals surface area contributed by atoms with Crippen LogP contribution in [0.1, 0.15) is 25.0 Å². The summed E-state index contributed by atoms with van der Waals surface area (Å²) in [6, 6.07) is 12.5. The SMILES string of the molecule is Cc1ccc(NC(=O)[C@H](NC(=O)Cc2ccccc2)C(C)C)nc1. The Hall–Kier alpha value is -2.69. The van der Waals surface area contributed by atoms with Gasteiger partial charge in [-0.15, -0.1) is 0 Å². The van der Waals surface area contributed by atoms with Crippen LogP contribution in [0.3, 0.4) is 0 Å². The number of carbonyl (C=O) groups is 2. The van der Waals surface area contributed by atoms with Gasteiger partial charge in [0.05, 0.1) is 6.42 Å². The topological polar surface area (TPSA) is 71.1 Å². The van der Waals surface area contributed by atoms with Crippen LogP contribution < -0.4 is 10.6 Å². The van der Waals surface area contributed by atoms with Gasteiger partial charge in [-0.1, -0.05) is 50.2 Å². The van der Waals surface area contributed by atoms with E-state index in [2.05, 4.69) is 15.6 Å². The van der Waals surface area contributed by atoms with Crippen LogP contribution in [0.2, 0.25) is 0 Å². The van der Waals surface area contributed by atoms with Crippen molar-refractivity contribution < 1.29 is 9.59 Å². The summed E-state index contributed by atoms with van der Waals surface area (Å²) in [6.45, 7) is 5.73. The Morgan fingerprint density at radius 1 is 1.08 bits per heavy atom. The number of hydrogen-bond donors (Lipinski definition) is 2. The molecule has 126 valence electrons. The second-order valence-corrected chi connectivity index (χ2v) is 6.16. The van der Waals surface area contributed by atoms with Crippen molar-refractivity contribution in [3.8, 4) is 0 Å². The Labute approximate surface area is 142 Å². The third-order valence-electron chi connectivity index (χ3n) is 3.64. The number of anilines is 1. The number of benzene rings is 1. The van der Waals surface area contributed by atoms with E-state index in [9.17, 15) is 9.59 Å². The molecule has 0 spiro atoms. The van der Waals surface area contributed by atoms with E-state index in [0.717, 1.165) is 11.1 Å². The number of aryl methyl sites for hydroxylation is 1. The third kappa shape index (κ3) is 5.19. The minimum atomic E-state index is -0.607. The highest BCUT2D eigenvalue weighted by atomic mass is 16.2. The van der Waals surface area contributed by atoms with Gasteiger partial charge in [0.1, 0.15) is 11.9 Å². The van der Waals surface area contributed by atoms with Gasteiger partial charge < -0.3 is 10.6 Å². The lowest BCUT2D eigenvalue weighted by atomic mass is 10.0. The van der Waals surface area contributed by atoms with Gasteiger partial charge >= 0.3 is 0 Å². The van der Waals surface area contributed by atoms with E-state index in [1.165, 1.54) is 0 Å². The van der Waals surface area contributed by atoms with Gasteiger partial charge in [-0.05, 0) is 30.0 Å². The molecule has 1 aromatic carbocycles. The van der Waals surface area contributed by atoms with Crippen molar-refractivity contribution in [2.75, 3.05) is 5.32 Å². The molecule has 5 heteroatoms. The Balaban J connectivity index is 1.98. The van der Waals surface area contributed by atoms with Gasteiger partial charge in [-0.3, -0.25) is 9.59 Å². The molecular weight excluding hydrogens is 302 g/mol. The Bertz CT molecular complexity index is 682. The summed E-state index contributed by atoms with van der Waals surface area (Å²) in [4.78, 5) is 28.8. The summed E-state index contributed by atoms with van der Waals surface area (Å²) in [5.41, 5.74) is 1.93. The van der Waals surface area contributed by atoms with Gasteiger partial charge in [0, 0.05) is 6.20 Å². The summed E-state index contributed by atoms with van der Waals surface area (Å²) in [7, 11) is 0. The zero-order chi connectivity index (χ0) is 17.5. The number of rotatable bonds is 6. The van der Waals surface area contributed by atoms with Crippen molar-refractivity contribution in [3.63, 3.8) is 0 Å². The standard InChI is InChI=1S/C19H23N3O2/c1-13(2)18(19(24)21-16-10-9-14(3)12-20-16)22-17(23)11-15-7-5-4-6-8-15/h4-10,12-13,18H,11H2,1-3H3,(H,22,23)(H,20,21,24)/t18-/m1/s1. The number of pyridine rings is 1. The molecule has 0 fully saturated rings. The minimum Gasteiger partial charge on any atom is -0.344 e. The summed E-state index contributed by atoms with van der Waals surface area (Å²) in [5, 5.41) is 5.57. The first-order valence-corrected chi connectivity index (χ1v) is 8.02. The number of hydrogen-bond acceptors (Lipinski definition) is 3. The fourth-order valence-electron chi connectivity index (χ4n) is 2.29. The molecule has 5 nitrogen and oxygen atoms in total. The molecule has 0 bridgehead atoms. The van der Waals surface area contributed by atoms with Crippen LogP contribution in [-0.2, 0) is 16.0 Å². The lowest BCUT2D eigenvalue weighted by molar-refractivity contribution is -0.127. The van der Waals surface area contributed by atoms with Crippen LogP contribution in [0.15, 0.2) is 48.7 Å². The normalized spacial score (nSPS) is 11.8. The van der Waals surface area contributed by atoms with E-state index in [1.807, 2.05) is 57.2 Å². The van der Waals surface area contributed by atoms with Gasteiger partial charge in [0.15, 0.2) is 0 Å². The molecule has 0 unspecified atom stereocenters. The average Bonchev–Trinajstić information content (AvgIpc) is 2.55. The van der Waals surface area contributed by atoms with Crippen LogP contribution in [0, 0.1) is 12.8 Å². The van der Waals surface area contributed by atoms with Crippen molar-refractivity contribution >= 4 is 17.6 Å². The smallest absolute Gasteiger partial charge is 0.248 e. The quantitative estimate of drug-likeness (QED) is 0.858. The molecule has 0 radical (unpaired) electrons. The number of amides is 2. The Morgan fingerprint density at radius 2 is 1.79 bits per heavy atom. The summed E-state index contributed by atoms with van der Waals surface area (Å²) >= 11 is 0. The van der Waals surface area contributed by atoms with Crippen LogP contribution in [0.4, 0.5) is 5.82 Å². The van der Waals surface area contributed by atoms with E-state index >= 15 is 0 Å². The molecule has 1 atom stereocenters. The van der Waals surface area contributed by atoms with E-state index < -0.39 is 6.04 Å². The fraction of sp³-hybridized carbons (Fsp3) is 0.316.